The number of carbonyl (C=O) groups is 1. The topological polar surface area (TPSA) is 91.4 Å². The van der Waals surface area contributed by atoms with Crippen LogP contribution in [0.5, 0.6) is 0 Å². The second kappa shape index (κ2) is 9.98. The highest BCUT2D eigenvalue weighted by Crippen LogP contribution is 2.26. The van der Waals surface area contributed by atoms with E-state index in [1.165, 1.54) is 17.7 Å². The highest BCUT2D eigenvalue weighted by atomic mass is 32.2. The van der Waals surface area contributed by atoms with Crippen molar-refractivity contribution in [3.8, 4) is 0 Å². The molecule has 1 aromatic heterocycles. The molecule has 3 aromatic rings. The number of nitrogens with zero attached hydrogens (tertiary/aromatic N) is 2. The third-order valence-corrected chi connectivity index (χ3v) is 8.08. The Hall–Kier alpha value is -2.82. The maximum absolute atomic E-state index is 13.1. The van der Waals surface area contributed by atoms with Crippen LogP contribution in [0.3, 0.4) is 0 Å². The van der Waals surface area contributed by atoms with Crippen molar-refractivity contribution in [1.82, 2.24) is 15.2 Å². The molecule has 0 aliphatic carbocycles. The van der Waals surface area contributed by atoms with Crippen molar-refractivity contribution in [2.24, 2.45) is 0 Å². The second-order valence-corrected chi connectivity index (χ2v) is 10.7. The number of benzene rings is 2. The number of amides is 1. The summed E-state index contributed by atoms with van der Waals surface area (Å²) in [5.74, 6) is -0.775. The number of aryl methyl sites for hydroxylation is 1. The standard InChI is InChI=1S/C23H25FN4O3S2/c1-16-21(32-23(25-16)27-33(30,31)20-9-7-18(24)8-10-20)22(29)26-19-11-13-28(14-12-19)15-17-5-3-2-4-6-17/h2-10,19H,11-15H2,1H3,(H,25,27)(H,26,29). The molecular weight excluding hydrogens is 463 g/mol. The molecule has 1 aliphatic rings. The number of sulfonamides is 1. The molecule has 174 valence electrons. The fraction of sp³-hybridized carbons (Fsp3) is 0.304. The first-order valence-electron chi connectivity index (χ1n) is 10.6. The lowest BCUT2D eigenvalue weighted by molar-refractivity contribution is 0.0912. The molecule has 4 rings (SSSR count). The summed E-state index contributed by atoms with van der Waals surface area (Å²) in [6, 6.07) is 14.9. The van der Waals surface area contributed by atoms with Gasteiger partial charge in [-0.05, 0) is 49.6 Å². The first kappa shape index (κ1) is 23.3. The van der Waals surface area contributed by atoms with E-state index >= 15 is 0 Å². The molecule has 1 aliphatic heterocycles. The van der Waals surface area contributed by atoms with Gasteiger partial charge in [-0.3, -0.25) is 14.4 Å². The molecule has 0 spiro atoms. The highest BCUT2D eigenvalue weighted by molar-refractivity contribution is 7.93. The van der Waals surface area contributed by atoms with Gasteiger partial charge in [-0.1, -0.05) is 41.7 Å². The number of piperidine rings is 1. The van der Waals surface area contributed by atoms with Crippen molar-refractivity contribution in [2.75, 3.05) is 17.8 Å². The lowest BCUT2D eigenvalue weighted by atomic mass is 10.0. The maximum atomic E-state index is 13.1. The summed E-state index contributed by atoms with van der Waals surface area (Å²) >= 11 is 0.985. The summed E-state index contributed by atoms with van der Waals surface area (Å²) in [4.78, 5) is 19.7. The SMILES string of the molecule is Cc1nc(NS(=O)(=O)c2ccc(F)cc2)sc1C(=O)NC1CCN(Cc2ccccc2)CC1. The Labute approximate surface area is 196 Å². The molecule has 7 nitrogen and oxygen atoms in total. The molecule has 2 aromatic carbocycles. The van der Waals surface area contributed by atoms with Crippen molar-refractivity contribution < 1.29 is 17.6 Å². The van der Waals surface area contributed by atoms with Crippen LogP contribution in [0.1, 0.15) is 33.8 Å². The van der Waals surface area contributed by atoms with E-state index in [1.54, 1.807) is 6.92 Å². The molecule has 1 fully saturated rings. The Morgan fingerprint density at radius 3 is 2.45 bits per heavy atom. The minimum absolute atomic E-state index is 0.0605. The van der Waals surface area contributed by atoms with Crippen molar-refractivity contribution in [2.45, 2.75) is 37.2 Å². The molecule has 0 unspecified atom stereocenters. The molecule has 0 bridgehead atoms. The number of carbonyl (C=O) groups excluding carboxylic acids is 1. The first-order chi connectivity index (χ1) is 15.8. The molecule has 0 radical (unpaired) electrons. The van der Waals surface area contributed by atoms with Crippen LogP contribution in [-0.2, 0) is 16.6 Å². The Kier molecular flexibility index (Phi) is 7.06. The smallest absolute Gasteiger partial charge is 0.263 e. The Balaban J connectivity index is 1.33. The average molecular weight is 489 g/mol. The third kappa shape index (κ3) is 5.95. The molecular formula is C23H25FN4O3S2. The number of rotatable bonds is 7. The Bertz CT molecular complexity index is 1210. The fourth-order valence-corrected chi connectivity index (χ4v) is 5.87. The largest absolute Gasteiger partial charge is 0.348 e. The van der Waals surface area contributed by atoms with E-state index in [9.17, 15) is 17.6 Å². The lowest BCUT2D eigenvalue weighted by Gasteiger charge is -2.32. The molecule has 1 saturated heterocycles. The highest BCUT2D eigenvalue weighted by Gasteiger charge is 2.24. The lowest BCUT2D eigenvalue weighted by Crippen LogP contribution is -2.44. The third-order valence-electron chi connectivity index (χ3n) is 5.52. The fourth-order valence-electron chi connectivity index (χ4n) is 3.77. The Morgan fingerprint density at radius 1 is 1.12 bits per heavy atom. The van der Waals surface area contributed by atoms with Gasteiger partial charge in [-0.15, -0.1) is 0 Å². The van der Waals surface area contributed by atoms with Gasteiger partial charge in [0, 0.05) is 25.7 Å². The quantitative estimate of drug-likeness (QED) is 0.528. The van der Waals surface area contributed by atoms with Gasteiger partial charge in [0.05, 0.1) is 10.6 Å². The van der Waals surface area contributed by atoms with Gasteiger partial charge in [0.15, 0.2) is 5.13 Å². The Morgan fingerprint density at radius 2 is 1.79 bits per heavy atom. The average Bonchev–Trinajstić information content (AvgIpc) is 3.15. The van der Waals surface area contributed by atoms with Crippen molar-refractivity contribution in [3.05, 3.63) is 76.5 Å². The van der Waals surface area contributed by atoms with Gasteiger partial charge in [0.1, 0.15) is 10.7 Å². The van der Waals surface area contributed by atoms with Crippen LogP contribution in [-0.4, -0.2) is 43.3 Å². The van der Waals surface area contributed by atoms with Gasteiger partial charge < -0.3 is 5.32 Å². The van der Waals surface area contributed by atoms with Gasteiger partial charge in [0.2, 0.25) is 0 Å². The molecule has 0 saturated carbocycles. The minimum Gasteiger partial charge on any atom is -0.348 e. The summed E-state index contributed by atoms with van der Waals surface area (Å²) < 4.78 is 40.5. The van der Waals surface area contributed by atoms with Crippen LogP contribution in [0.25, 0.3) is 0 Å². The van der Waals surface area contributed by atoms with Crippen LogP contribution >= 0.6 is 11.3 Å². The van der Waals surface area contributed by atoms with Crippen molar-refractivity contribution >= 4 is 32.4 Å². The van der Waals surface area contributed by atoms with Crippen LogP contribution < -0.4 is 10.0 Å². The number of thiazole rings is 1. The normalized spacial score (nSPS) is 15.3. The van der Waals surface area contributed by atoms with Gasteiger partial charge in [-0.25, -0.2) is 17.8 Å². The molecule has 10 heteroatoms. The van der Waals surface area contributed by atoms with Crippen LogP contribution in [0.2, 0.25) is 0 Å². The number of halogens is 1. The van der Waals surface area contributed by atoms with E-state index < -0.39 is 15.8 Å². The zero-order valence-electron chi connectivity index (χ0n) is 18.1. The number of hydrogen-bond acceptors (Lipinski definition) is 6. The predicted octanol–water partition coefficient (Wildman–Crippen LogP) is 3.79. The number of anilines is 1. The van der Waals surface area contributed by atoms with Crippen molar-refractivity contribution in [3.63, 3.8) is 0 Å². The number of likely N-dealkylation sites (tertiary alicyclic amines) is 1. The van der Waals surface area contributed by atoms with Crippen molar-refractivity contribution in [1.29, 1.82) is 0 Å². The first-order valence-corrected chi connectivity index (χ1v) is 12.9. The molecule has 1 amide bonds. The van der Waals surface area contributed by atoms with Gasteiger partial charge in [0.25, 0.3) is 15.9 Å². The van der Waals surface area contributed by atoms with E-state index in [-0.39, 0.29) is 22.0 Å². The van der Waals surface area contributed by atoms with E-state index in [4.69, 9.17) is 0 Å². The molecule has 2 N–H and O–H groups in total. The summed E-state index contributed by atoms with van der Waals surface area (Å²) in [6.45, 7) is 4.35. The summed E-state index contributed by atoms with van der Waals surface area (Å²) in [5, 5.41) is 3.16. The monoisotopic (exact) mass is 488 g/mol. The molecule has 33 heavy (non-hydrogen) atoms. The van der Waals surface area contributed by atoms with Gasteiger partial charge in [-0.2, -0.15) is 0 Å². The minimum atomic E-state index is -3.92. The number of aromatic nitrogens is 1. The summed E-state index contributed by atoms with van der Waals surface area (Å²) in [7, 11) is -3.92. The van der Waals surface area contributed by atoms with E-state index in [0.29, 0.717) is 10.6 Å². The van der Waals surface area contributed by atoms with Crippen LogP contribution in [0.4, 0.5) is 9.52 Å². The zero-order chi connectivity index (χ0) is 23.4. The second-order valence-electron chi connectivity index (χ2n) is 8.00. The van der Waals surface area contributed by atoms with E-state index in [0.717, 1.165) is 55.9 Å². The van der Waals surface area contributed by atoms with E-state index in [2.05, 4.69) is 32.1 Å². The molecule has 0 atom stereocenters. The van der Waals surface area contributed by atoms with E-state index in [1.807, 2.05) is 18.2 Å². The summed E-state index contributed by atoms with van der Waals surface area (Å²) in [5.41, 5.74) is 1.73. The zero-order valence-corrected chi connectivity index (χ0v) is 19.8. The predicted molar refractivity (Wildman–Crippen MR) is 126 cm³/mol. The maximum Gasteiger partial charge on any atom is 0.263 e. The van der Waals surface area contributed by atoms with Crippen LogP contribution in [0, 0.1) is 12.7 Å². The number of hydrogen-bond donors (Lipinski definition) is 2. The van der Waals surface area contributed by atoms with Gasteiger partial charge >= 0.3 is 0 Å². The molecule has 2 heterocycles. The number of nitrogens with one attached hydrogen (secondary N) is 2. The summed E-state index contributed by atoms with van der Waals surface area (Å²) in [6.07, 6.45) is 1.70. The van der Waals surface area contributed by atoms with Crippen LogP contribution in [0.15, 0.2) is 59.5 Å².